The van der Waals surface area contributed by atoms with Crippen molar-refractivity contribution in [3.63, 3.8) is 0 Å². The van der Waals surface area contributed by atoms with Crippen LogP contribution in [0.4, 0.5) is 0 Å². The minimum absolute atomic E-state index is 1.26. The van der Waals surface area contributed by atoms with Gasteiger partial charge in [-0.05, 0) is 82.3 Å². The van der Waals surface area contributed by atoms with Gasteiger partial charge in [-0.2, -0.15) is 11.3 Å². The fourth-order valence-corrected chi connectivity index (χ4v) is 3.71. The van der Waals surface area contributed by atoms with Crippen molar-refractivity contribution in [2.24, 2.45) is 0 Å². The average Bonchev–Trinajstić information content (AvgIpc) is 3.17. The molecular formula is C24H20S. The molecule has 0 aliphatic rings. The first kappa shape index (κ1) is 15.9. The van der Waals surface area contributed by atoms with Gasteiger partial charge >= 0.3 is 0 Å². The lowest BCUT2D eigenvalue weighted by Gasteiger charge is -2.11. The average molecular weight is 340 g/mol. The molecule has 1 heteroatoms. The first-order valence-corrected chi connectivity index (χ1v) is 9.45. The molecule has 0 bridgehead atoms. The molecule has 0 fully saturated rings. The van der Waals surface area contributed by atoms with Gasteiger partial charge in [-0.15, -0.1) is 0 Å². The van der Waals surface area contributed by atoms with Crippen LogP contribution in [0.5, 0.6) is 0 Å². The van der Waals surface area contributed by atoms with Gasteiger partial charge in [-0.25, -0.2) is 0 Å². The molecule has 0 aliphatic heterocycles. The molecule has 4 rings (SSSR count). The van der Waals surface area contributed by atoms with Crippen LogP contribution in [-0.4, -0.2) is 0 Å². The Morgan fingerprint density at radius 3 is 1.32 bits per heavy atom. The zero-order chi connectivity index (χ0) is 17.2. The normalized spacial score (nSPS) is 10.8. The maximum atomic E-state index is 2.30. The summed E-state index contributed by atoms with van der Waals surface area (Å²) in [6.07, 6.45) is 0. The maximum Gasteiger partial charge on any atom is -0.00147 e. The Labute approximate surface area is 153 Å². The van der Waals surface area contributed by atoms with Crippen LogP contribution in [0.3, 0.4) is 0 Å². The van der Waals surface area contributed by atoms with E-state index in [1.807, 2.05) is 0 Å². The lowest BCUT2D eigenvalue weighted by Crippen LogP contribution is -1.86. The van der Waals surface area contributed by atoms with E-state index < -0.39 is 0 Å². The monoisotopic (exact) mass is 340 g/mol. The predicted molar refractivity (Wildman–Crippen MR) is 110 cm³/mol. The number of benzene rings is 3. The Morgan fingerprint density at radius 1 is 0.480 bits per heavy atom. The number of hydrogen-bond donors (Lipinski definition) is 0. The minimum Gasteiger partial charge on any atom is -0.152 e. The summed E-state index contributed by atoms with van der Waals surface area (Å²) in [4.78, 5) is 0. The largest absolute Gasteiger partial charge is 0.152 e. The molecule has 0 saturated carbocycles. The fraction of sp³-hybridized carbons (Fsp3) is 0.0833. The van der Waals surface area contributed by atoms with Crippen molar-refractivity contribution >= 4 is 11.3 Å². The van der Waals surface area contributed by atoms with E-state index in [0.717, 1.165) is 0 Å². The van der Waals surface area contributed by atoms with Crippen LogP contribution in [0.1, 0.15) is 11.1 Å². The molecular weight excluding hydrogens is 320 g/mol. The highest BCUT2D eigenvalue weighted by Gasteiger charge is 2.07. The molecule has 1 heterocycles. The molecule has 0 saturated heterocycles. The van der Waals surface area contributed by atoms with Crippen LogP contribution in [0, 0.1) is 13.8 Å². The Bertz CT molecular complexity index is 912. The van der Waals surface area contributed by atoms with Crippen molar-refractivity contribution < 1.29 is 0 Å². The lowest BCUT2D eigenvalue weighted by atomic mass is 9.93. The third kappa shape index (κ3) is 3.42. The van der Waals surface area contributed by atoms with Gasteiger partial charge in [-0.3, -0.25) is 0 Å². The van der Waals surface area contributed by atoms with Crippen LogP contribution in [0.15, 0.2) is 83.6 Å². The van der Waals surface area contributed by atoms with Gasteiger partial charge in [0.2, 0.25) is 0 Å². The van der Waals surface area contributed by atoms with Gasteiger partial charge in [0.25, 0.3) is 0 Å². The lowest BCUT2D eigenvalue weighted by molar-refractivity contribution is 1.46. The highest BCUT2D eigenvalue weighted by atomic mass is 32.1. The van der Waals surface area contributed by atoms with Crippen molar-refractivity contribution in [1.82, 2.24) is 0 Å². The Kier molecular flexibility index (Phi) is 4.25. The third-order valence-corrected chi connectivity index (χ3v) is 5.24. The van der Waals surface area contributed by atoms with E-state index in [4.69, 9.17) is 0 Å². The molecule has 0 nitrogen and oxygen atoms in total. The van der Waals surface area contributed by atoms with Crippen LogP contribution in [-0.2, 0) is 0 Å². The van der Waals surface area contributed by atoms with Crippen molar-refractivity contribution in [1.29, 1.82) is 0 Å². The summed E-state index contributed by atoms with van der Waals surface area (Å²) in [5.74, 6) is 0. The highest BCUT2D eigenvalue weighted by molar-refractivity contribution is 7.08. The summed E-state index contributed by atoms with van der Waals surface area (Å²) in [5.41, 5.74) is 10.2. The van der Waals surface area contributed by atoms with Crippen LogP contribution < -0.4 is 0 Å². The molecule has 1 aromatic heterocycles. The SMILES string of the molecule is Cc1ccc(-c2cc(-c3ccc(C)cc3)cc(-c3ccsc3)c2)cc1. The first-order valence-electron chi connectivity index (χ1n) is 8.51. The topological polar surface area (TPSA) is 0 Å². The maximum absolute atomic E-state index is 2.30. The Balaban J connectivity index is 1.88. The molecule has 122 valence electrons. The van der Waals surface area contributed by atoms with E-state index in [2.05, 4.69) is 97.4 Å². The molecule has 0 unspecified atom stereocenters. The first-order chi connectivity index (χ1) is 12.2. The molecule has 25 heavy (non-hydrogen) atoms. The molecule has 4 aromatic rings. The third-order valence-electron chi connectivity index (χ3n) is 4.56. The fourth-order valence-electron chi connectivity index (χ4n) is 3.05. The summed E-state index contributed by atoms with van der Waals surface area (Å²) < 4.78 is 0. The van der Waals surface area contributed by atoms with E-state index in [1.165, 1.54) is 44.5 Å². The second-order valence-electron chi connectivity index (χ2n) is 6.54. The Hall–Kier alpha value is -2.64. The van der Waals surface area contributed by atoms with E-state index >= 15 is 0 Å². The molecule has 0 atom stereocenters. The molecule has 0 radical (unpaired) electrons. The number of rotatable bonds is 3. The van der Waals surface area contributed by atoms with Gasteiger partial charge in [0.15, 0.2) is 0 Å². The van der Waals surface area contributed by atoms with E-state index in [-0.39, 0.29) is 0 Å². The van der Waals surface area contributed by atoms with E-state index in [1.54, 1.807) is 11.3 Å². The summed E-state index contributed by atoms with van der Waals surface area (Å²) in [6.45, 7) is 4.26. The molecule has 0 N–H and O–H groups in total. The number of hydrogen-bond acceptors (Lipinski definition) is 1. The predicted octanol–water partition coefficient (Wildman–Crippen LogP) is 7.37. The molecule has 3 aromatic carbocycles. The molecule has 0 aliphatic carbocycles. The zero-order valence-electron chi connectivity index (χ0n) is 14.5. The van der Waals surface area contributed by atoms with Crippen molar-refractivity contribution in [2.45, 2.75) is 13.8 Å². The van der Waals surface area contributed by atoms with Gasteiger partial charge in [0, 0.05) is 0 Å². The van der Waals surface area contributed by atoms with Crippen LogP contribution in [0.25, 0.3) is 33.4 Å². The summed E-state index contributed by atoms with van der Waals surface area (Å²) in [5, 5.41) is 4.35. The Morgan fingerprint density at radius 2 is 0.920 bits per heavy atom. The smallest absolute Gasteiger partial charge is 0.00147 e. The second kappa shape index (κ2) is 6.70. The zero-order valence-corrected chi connectivity index (χ0v) is 15.3. The summed E-state index contributed by atoms with van der Waals surface area (Å²) >= 11 is 1.74. The number of thiophene rings is 1. The highest BCUT2D eigenvalue weighted by Crippen LogP contribution is 2.33. The van der Waals surface area contributed by atoms with Crippen molar-refractivity contribution in [3.8, 4) is 33.4 Å². The number of aryl methyl sites for hydroxylation is 2. The van der Waals surface area contributed by atoms with Gasteiger partial charge in [-0.1, -0.05) is 59.7 Å². The van der Waals surface area contributed by atoms with Gasteiger partial charge in [0.1, 0.15) is 0 Å². The van der Waals surface area contributed by atoms with Crippen LogP contribution >= 0.6 is 11.3 Å². The molecule has 0 amide bonds. The summed E-state index contributed by atoms with van der Waals surface area (Å²) in [6, 6.07) is 26.6. The van der Waals surface area contributed by atoms with E-state index in [9.17, 15) is 0 Å². The molecule has 0 spiro atoms. The van der Waals surface area contributed by atoms with Crippen molar-refractivity contribution in [2.75, 3.05) is 0 Å². The van der Waals surface area contributed by atoms with Gasteiger partial charge in [0.05, 0.1) is 0 Å². The summed E-state index contributed by atoms with van der Waals surface area (Å²) in [7, 11) is 0. The second-order valence-corrected chi connectivity index (χ2v) is 7.32. The standard InChI is InChI=1S/C24H20S/c1-17-3-7-19(8-4-17)22-13-23(20-9-5-18(2)6-10-20)15-24(14-22)21-11-12-25-16-21/h3-16H,1-2H3. The van der Waals surface area contributed by atoms with E-state index in [0.29, 0.717) is 0 Å². The quantitative estimate of drug-likeness (QED) is 0.365. The van der Waals surface area contributed by atoms with Crippen molar-refractivity contribution in [3.05, 3.63) is 94.7 Å². The minimum atomic E-state index is 1.26. The van der Waals surface area contributed by atoms with Crippen LogP contribution in [0.2, 0.25) is 0 Å². The van der Waals surface area contributed by atoms with Gasteiger partial charge < -0.3 is 0 Å².